The Morgan fingerprint density at radius 3 is 2.11 bits per heavy atom. The monoisotopic (exact) mass is 256 g/mol. The molecule has 1 fully saturated rings. The molecule has 0 aliphatic carbocycles. The van der Waals surface area contributed by atoms with Crippen molar-refractivity contribution in [3.05, 3.63) is 42.1 Å². The zero-order valence-corrected chi connectivity index (χ0v) is 9.90. The van der Waals surface area contributed by atoms with Gasteiger partial charge in [-0.15, -0.1) is 0 Å². The van der Waals surface area contributed by atoms with E-state index < -0.39 is 6.30 Å². The molecule has 1 heterocycles. The van der Waals surface area contributed by atoms with Crippen molar-refractivity contribution in [2.24, 2.45) is 0 Å². The van der Waals surface area contributed by atoms with E-state index in [1.807, 2.05) is 47.5 Å². The predicted molar refractivity (Wildman–Crippen MR) is 64.7 cm³/mol. The molecule has 0 radical (unpaired) electrons. The van der Waals surface area contributed by atoms with E-state index in [1.54, 1.807) is 0 Å². The van der Waals surface area contributed by atoms with Gasteiger partial charge in [-0.2, -0.15) is 13.2 Å². The molecule has 98 valence electrons. The summed E-state index contributed by atoms with van der Waals surface area (Å²) < 4.78 is 37.2. The Hall–Kier alpha value is -1.49. The number of hydrogen-bond donors (Lipinski definition) is 0. The molecule has 0 amide bonds. The van der Waals surface area contributed by atoms with Gasteiger partial charge in [0.25, 0.3) is 0 Å². The number of alkyl halides is 3. The second-order valence-electron chi connectivity index (χ2n) is 4.22. The third-order valence-electron chi connectivity index (χ3n) is 2.95. The van der Waals surface area contributed by atoms with Gasteiger partial charge in [-0.25, -0.2) is 4.90 Å². The first-order valence-electron chi connectivity index (χ1n) is 5.85. The first-order valence-corrected chi connectivity index (χ1v) is 5.85. The largest absolute Gasteiger partial charge is 0.460 e. The van der Waals surface area contributed by atoms with Crippen LogP contribution in [0.1, 0.15) is 5.56 Å². The minimum atomic E-state index is -4.20. The van der Waals surface area contributed by atoms with Crippen molar-refractivity contribution in [3.63, 3.8) is 0 Å². The summed E-state index contributed by atoms with van der Waals surface area (Å²) in [5, 5.41) is 0. The quantitative estimate of drug-likeness (QED) is 0.751. The molecule has 5 heteroatoms. The van der Waals surface area contributed by atoms with Crippen LogP contribution in [0.25, 0.3) is 6.08 Å². The topological polar surface area (TPSA) is 6.48 Å². The molecule has 1 aliphatic rings. The van der Waals surface area contributed by atoms with Gasteiger partial charge in [-0.1, -0.05) is 30.3 Å². The molecular formula is C13H15F3N2. The Labute approximate surface area is 104 Å². The lowest BCUT2D eigenvalue weighted by Crippen LogP contribution is -2.50. The van der Waals surface area contributed by atoms with Gasteiger partial charge in [0.2, 0.25) is 0 Å². The molecule has 0 spiro atoms. The molecular weight excluding hydrogens is 241 g/mol. The lowest BCUT2D eigenvalue weighted by Gasteiger charge is -2.34. The molecule has 18 heavy (non-hydrogen) atoms. The maximum Gasteiger partial charge on any atom is 0.460 e. The molecule has 1 aromatic rings. The highest BCUT2D eigenvalue weighted by Crippen LogP contribution is 2.22. The number of halogens is 3. The molecule has 2 rings (SSSR count). The molecule has 2 nitrogen and oxygen atoms in total. The molecule has 1 saturated heterocycles. The maximum absolute atomic E-state index is 12.4. The second-order valence-corrected chi connectivity index (χ2v) is 4.22. The van der Waals surface area contributed by atoms with Gasteiger partial charge >= 0.3 is 6.30 Å². The molecule has 0 saturated carbocycles. The standard InChI is InChI=1S/C13H15F3N2/c14-13(15,16)18-10-8-17(9-11-18)7-6-12-4-2-1-3-5-12/h1-7H,8-11H2. The van der Waals surface area contributed by atoms with Crippen LogP contribution in [0, 0.1) is 0 Å². The van der Waals surface area contributed by atoms with Gasteiger partial charge in [-0.05, 0) is 17.8 Å². The zero-order chi connectivity index (χ0) is 13.0. The number of nitrogens with zero attached hydrogens (tertiary/aromatic N) is 2. The molecule has 1 aromatic carbocycles. The van der Waals surface area contributed by atoms with Crippen molar-refractivity contribution in [1.82, 2.24) is 9.80 Å². The lowest BCUT2D eigenvalue weighted by molar-refractivity contribution is -0.251. The van der Waals surface area contributed by atoms with Crippen LogP contribution >= 0.6 is 0 Å². The normalized spacial score (nSPS) is 18.5. The molecule has 1 aliphatic heterocycles. The average molecular weight is 256 g/mol. The van der Waals surface area contributed by atoms with Crippen LogP contribution in [0.15, 0.2) is 36.5 Å². The van der Waals surface area contributed by atoms with E-state index in [2.05, 4.69) is 0 Å². The number of hydrogen-bond acceptors (Lipinski definition) is 2. The minimum Gasteiger partial charge on any atom is -0.375 e. The van der Waals surface area contributed by atoms with Crippen LogP contribution in [-0.4, -0.2) is 42.3 Å². The van der Waals surface area contributed by atoms with Crippen LogP contribution < -0.4 is 0 Å². The number of rotatable bonds is 2. The van der Waals surface area contributed by atoms with E-state index >= 15 is 0 Å². The van der Waals surface area contributed by atoms with Crippen LogP contribution in [0.4, 0.5) is 13.2 Å². The first-order chi connectivity index (χ1) is 8.55. The van der Waals surface area contributed by atoms with Gasteiger partial charge in [0.1, 0.15) is 0 Å². The summed E-state index contributed by atoms with van der Waals surface area (Å²) in [6.45, 7) is 0.872. The minimum absolute atomic E-state index is 0.0304. The summed E-state index contributed by atoms with van der Waals surface area (Å²) in [6.07, 6.45) is -0.415. The summed E-state index contributed by atoms with van der Waals surface area (Å²) >= 11 is 0. The summed E-state index contributed by atoms with van der Waals surface area (Å²) in [5.41, 5.74) is 1.05. The Kier molecular flexibility index (Phi) is 3.91. The maximum atomic E-state index is 12.4. The van der Waals surface area contributed by atoms with E-state index in [0.29, 0.717) is 18.0 Å². The van der Waals surface area contributed by atoms with Crippen LogP contribution in [-0.2, 0) is 0 Å². The summed E-state index contributed by atoms with van der Waals surface area (Å²) in [6, 6.07) is 9.72. The highest BCUT2D eigenvalue weighted by Gasteiger charge is 2.38. The third kappa shape index (κ3) is 3.50. The van der Waals surface area contributed by atoms with Gasteiger partial charge in [0.15, 0.2) is 0 Å². The Morgan fingerprint density at radius 2 is 1.56 bits per heavy atom. The first kappa shape index (κ1) is 13.0. The molecule has 0 atom stereocenters. The fourth-order valence-corrected chi connectivity index (χ4v) is 1.88. The Morgan fingerprint density at radius 1 is 0.944 bits per heavy atom. The van der Waals surface area contributed by atoms with E-state index in [1.165, 1.54) is 0 Å². The SMILES string of the molecule is FC(F)(F)N1CCN(C=Cc2ccccc2)CC1. The highest BCUT2D eigenvalue weighted by atomic mass is 19.4. The van der Waals surface area contributed by atoms with Crippen molar-refractivity contribution >= 4 is 6.08 Å². The smallest absolute Gasteiger partial charge is 0.375 e. The fourth-order valence-electron chi connectivity index (χ4n) is 1.88. The lowest BCUT2D eigenvalue weighted by atomic mass is 10.2. The van der Waals surface area contributed by atoms with E-state index in [0.717, 1.165) is 5.56 Å². The van der Waals surface area contributed by atoms with Crippen LogP contribution in [0.5, 0.6) is 0 Å². The third-order valence-corrected chi connectivity index (χ3v) is 2.95. The number of piperazine rings is 1. The van der Waals surface area contributed by atoms with Gasteiger partial charge in [0, 0.05) is 26.2 Å². The Balaban J connectivity index is 1.86. The van der Waals surface area contributed by atoms with Crippen molar-refractivity contribution < 1.29 is 13.2 Å². The Bertz CT molecular complexity index is 392. The fraction of sp³-hybridized carbons (Fsp3) is 0.385. The molecule has 0 unspecified atom stereocenters. The predicted octanol–water partition coefficient (Wildman–Crippen LogP) is 2.79. The van der Waals surface area contributed by atoms with Crippen molar-refractivity contribution in [2.75, 3.05) is 26.2 Å². The zero-order valence-electron chi connectivity index (χ0n) is 9.90. The summed E-state index contributed by atoms with van der Waals surface area (Å²) in [7, 11) is 0. The van der Waals surface area contributed by atoms with Crippen LogP contribution in [0.2, 0.25) is 0 Å². The highest BCUT2D eigenvalue weighted by molar-refractivity contribution is 5.48. The van der Waals surface area contributed by atoms with E-state index in [-0.39, 0.29) is 13.1 Å². The van der Waals surface area contributed by atoms with E-state index in [9.17, 15) is 13.2 Å². The molecule has 0 bridgehead atoms. The second kappa shape index (κ2) is 5.44. The molecule has 0 N–H and O–H groups in total. The van der Waals surface area contributed by atoms with Gasteiger partial charge in [-0.3, -0.25) is 0 Å². The van der Waals surface area contributed by atoms with Gasteiger partial charge in [0.05, 0.1) is 0 Å². The summed E-state index contributed by atoms with van der Waals surface area (Å²) in [5.74, 6) is 0. The number of benzene rings is 1. The van der Waals surface area contributed by atoms with Crippen molar-refractivity contribution in [1.29, 1.82) is 0 Å². The van der Waals surface area contributed by atoms with E-state index in [4.69, 9.17) is 0 Å². The van der Waals surface area contributed by atoms with Crippen LogP contribution in [0.3, 0.4) is 0 Å². The average Bonchev–Trinajstić information content (AvgIpc) is 2.37. The van der Waals surface area contributed by atoms with Gasteiger partial charge < -0.3 is 4.90 Å². The van der Waals surface area contributed by atoms with Crippen molar-refractivity contribution in [2.45, 2.75) is 6.30 Å². The van der Waals surface area contributed by atoms with Crippen molar-refractivity contribution in [3.8, 4) is 0 Å². The molecule has 0 aromatic heterocycles. The summed E-state index contributed by atoms with van der Waals surface area (Å²) in [4.78, 5) is 2.47.